The molecule has 3 aromatic rings. The highest BCUT2D eigenvalue weighted by atomic mass is 32.2. The molecule has 0 amide bonds. The van der Waals surface area contributed by atoms with E-state index in [0.29, 0.717) is 24.3 Å². The maximum absolute atomic E-state index is 13.1. The number of carbonyl (C=O) groups excluding carboxylic acids is 1. The van der Waals surface area contributed by atoms with Crippen LogP contribution in [0.15, 0.2) is 53.8 Å². The Balaban J connectivity index is 1.38. The van der Waals surface area contributed by atoms with Crippen molar-refractivity contribution in [2.45, 2.75) is 50.0 Å². The molecule has 1 aromatic carbocycles. The number of pyridine rings is 1. The van der Waals surface area contributed by atoms with Gasteiger partial charge in [0.2, 0.25) is 0 Å². The quantitative estimate of drug-likeness (QED) is 0.253. The van der Waals surface area contributed by atoms with Crippen molar-refractivity contribution >= 4 is 16.0 Å². The summed E-state index contributed by atoms with van der Waals surface area (Å²) in [5.41, 5.74) is 1.39. The number of nitrogens with one attached hydrogen (secondary N) is 1. The Kier molecular flexibility index (Phi) is 9.95. The Morgan fingerprint density at radius 1 is 1.03 bits per heavy atom. The summed E-state index contributed by atoms with van der Waals surface area (Å²) in [5.74, 6) is -0.185. The van der Waals surface area contributed by atoms with Gasteiger partial charge >= 0.3 is 5.97 Å². The summed E-state index contributed by atoms with van der Waals surface area (Å²) in [6, 6.07) is 9.47. The summed E-state index contributed by atoms with van der Waals surface area (Å²) >= 11 is 0. The monoisotopic (exact) mass is 518 g/mol. The molecule has 2 heterocycles. The Hall–Kier alpha value is -3.31. The van der Waals surface area contributed by atoms with E-state index in [1.54, 1.807) is 6.07 Å². The fourth-order valence-electron chi connectivity index (χ4n) is 3.88. The zero-order valence-electron chi connectivity index (χ0n) is 20.4. The van der Waals surface area contributed by atoms with Crippen molar-refractivity contribution in [3.63, 3.8) is 0 Å². The summed E-state index contributed by atoms with van der Waals surface area (Å²) in [6.45, 7) is 0.302. The minimum Gasteiger partial charge on any atom is -0.496 e. The van der Waals surface area contributed by atoms with E-state index in [1.807, 2.05) is 12.1 Å². The van der Waals surface area contributed by atoms with Crippen LogP contribution in [0.5, 0.6) is 5.75 Å². The number of esters is 1. The second-order valence-corrected chi connectivity index (χ2v) is 9.88. The van der Waals surface area contributed by atoms with Gasteiger partial charge in [0.1, 0.15) is 17.1 Å². The highest BCUT2D eigenvalue weighted by Crippen LogP contribution is 2.25. The molecule has 0 bridgehead atoms. The molecule has 0 saturated heterocycles. The van der Waals surface area contributed by atoms with Crippen LogP contribution in [0.25, 0.3) is 5.82 Å². The number of benzene rings is 1. The first-order valence-electron chi connectivity index (χ1n) is 11.8. The molecule has 2 aromatic heterocycles. The maximum Gasteiger partial charge on any atom is 0.341 e. The van der Waals surface area contributed by atoms with Crippen molar-refractivity contribution < 1.29 is 27.1 Å². The summed E-state index contributed by atoms with van der Waals surface area (Å²) in [5, 5.41) is 3.95. The van der Waals surface area contributed by atoms with Crippen molar-refractivity contribution in [3.8, 4) is 11.6 Å². The van der Waals surface area contributed by atoms with Crippen molar-refractivity contribution in [2.24, 2.45) is 0 Å². The smallest absolute Gasteiger partial charge is 0.341 e. The number of sulfonamides is 1. The molecule has 0 spiro atoms. The zero-order chi connectivity index (χ0) is 26.0. The van der Waals surface area contributed by atoms with Crippen molar-refractivity contribution in [2.75, 3.05) is 20.8 Å². The topological polar surface area (TPSA) is 112 Å². The first-order valence-corrected chi connectivity index (χ1v) is 13.3. The lowest BCUT2D eigenvalue weighted by Gasteiger charge is -2.12. The Morgan fingerprint density at radius 2 is 1.78 bits per heavy atom. The highest BCUT2D eigenvalue weighted by Gasteiger charge is 2.20. The number of nitrogens with zero attached hydrogens (tertiary/aromatic N) is 3. The molecule has 9 nitrogen and oxygen atoms in total. The van der Waals surface area contributed by atoms with Gasteiger partial charge in [-0.3, -0.25) is 0 Å². The maximum atomic E-state index is 13.1. The van der Waals surface area contributed by atoms with Gasteiger partial charge in [0.05, 0.1) is 26.6 Å². The predicted molar refractivity (Wildman–Crippen MR) is 132 cm³/mol. The molecule has 1 N–H and O–H groups in total. The molecule has 0 saturated carbocycles. The van der Waals surface area contributed by atoms with Gasteiger partial charge in [0.25, 0.3) is 10.0 Å². The van der Waals surface area contributed by atoms with E-state index in [9.17, 15) is 17.6 Å². The second-order valence-electron chi connectivity index (χ2n) is 8.17. The summed E-state index contributed by atoms with van der Waals surface area (Å²) in [6.07, 6.45) is 8.60. The van der Waals surface area contributed by atoms with Gasteiger partial charge in [-0.15, -0.1) is 0 Å². The van der Waals surface area contributed by atoms with Gasteiger partial charge in [-0.2, -0.15) is 5.10 Å². The lowest BCUT2D eigenvalue weighted by atomic mass is 9.99. The molecular weight excluding hydrogens is 487 g/mol. The molecule has 0 aliphatic rings. The van der Waals surface area contributed by atoms with Crippen LogP contribution in [0.3, 0.4) is 0 Å². The third-order valence-electron chi connectivity index (χ3n) is 5.70. The van der Waals surface area contributed by atoms with Crippen molar-refractivity contribution in [1.29, 1.82) is 0 Å². The standard InChI is InChI=1S/C25H31FN4O5S/c1-34-21-12-9-11-19(24(21)25(31)35-2)10-7-5-3-4-6-8-16-29-36(32,33)23-15-17-28-30(23)22-14-13-20(26)18-27-22/h9,11-15,17-18,29H,3-8,10,16H2,1-2H3. The average Bonchev–Trinajstić information content (AvgIpc) is 3.38. The predicted octanol–water partition coefficient (Wildman–Crippen LogP) is 4.06. The largest absolute Gasteiger partial charge is 0.496 e. The molecule has 0 atom stereocenters. The number of halogens is 1. The van der Waals surface area contributed by atoms with Crippen molar-refractivity contribution in [1.82, 2.24) is 19.5 Å². The van der Waals surface area contributed by atoms with E-state index in [-0.39, 0.29) is 10.8 Å². The number of aryl methyl sites for hydroxylation is 1. The van der Waals surface area contributed by atoms with E-state index in [0.717, 1.165) is 55.0 Å². The number of aromatic nitrogens is 3. The molecule has 0 fully saturated rings. The van der Waals surface area contributed by atoms with E-state index < -0.39 is 21.8 Å². The van der Waals surface area contributed by atoms with E-state index in [2.05, 4.69) is 14.8 Å². The van der Waals surface area contributed by atoms with Gasteiger partial charge in [-0.05, 0) is 49.1 Å². The van der Waals surface area contributed by atoms with Crippen LogP contribution in [0, 0.1) is 5.82 Å². The first-order chi connectivity index (χ1) is 17.4. The second kappa shape index (κ2) is 13.1. The molecule has 36 heavy (non-hydrogen) atoms. The van der Waals surface area contributed by atoms with E-state index >= 15 is 0 Å². The average molecular weight is 519 g/mol. The molecule has 0 unspecified atom stereocenters. The van der Waals surface area contributed by atoms with Gasteiger partial charge in [0.15, 0.2) is 10.8 Å². The summed E-state index contributed by atoms with van der Waals surface area (Å²) in [4.78, 5) is 16.0. The number of hydrogen-bond acceptors (Lipinski definition) is 7. The molecule has 0 aliphatic carbocycles. The van der Waals surface area contributed by atoms with E-state index in [4.69, 9.17) is 9.47 Å². The molecule has 0 aliphatic heterocycles. The first kappa shape index (κ1) is 27.3. The van der Waals surface area contributed by atoms with Crippen LogP contribution in [-0.4, -0.2) is 49.9 Å². The number of unbranched alkanes of at least 4 members (excludes halogenated alkanes) is 5. The highest BCUT2D eigenvalue weighted by molar-refractivity contribution is 7.89. The minimum atomic E-state index is -3.79. The number of methoxy groups -OCH3 is 2. The van der Waals surface area contributed by atoms with Crippen LogP contribution in [-0.2, 0) is 21.2 Å². The number of carbonyl (C=O) groups is 1. The lowest BCUT2D eigenvalue weighted by Crippen LogP contribution is -2.27. The van der Waals surface area contributed by atoms with E-state index in [1.165, 1.54) is 38.6 Å². The van der Waals surface area contributed by atoms with Gasteiger partial charge in [-0.25, -0.2) is 32.0 Å². The third-order valence-corrected chi connectivity index (χ3v) is 7.14. The van der Waals surface area contributed by atoms with Gasteiger partial charge < -0.3 is 9.47 Å². The SMILES string of the molecule is COC(=O)c1c(CCCCCCCCNS(=O)(=O)c2ccnn2-c2ccc(F)cn2)cccc1OC. The summed E-state index contributed by atoms with van der Waals surface area (Å²) in [7, 11) is -0.901. The number of rotatable bonds is 14. The van der Waals surface area contributed by atoms with Gasteiger partial charge in [-0.1, -0.05) is 37.8 Å². The fraction of sp³-hybridized carbons (Fsp3) is 0.400. The minimum absolute atomic E-state index is 0.0505. The normalized spacial score (nSPS) is 11.4. The number of ether oxygens (including phenoxy) is 2. The Bertz CT molecular complexity index is 1250. The van der Waals surface area contributed by atoms with Crippen LogP contribution >= 0.6 is 0 Å². The van der Waals surface area contributed by atoms with Gasteiger partial charge in [0, 0.05) is 6.54 Å². The number of hydrogen-bond donors (Lipinski definition) is 1. The third kappa shape index (κ3) is 7.11. The zero-order valence-corrected chi connectivity index (χ0v) is 21.3. The molecular formula is C25H31FN4O5S. The Morgan fingerprint density at radius 3 is 2.47 bits per heavy atom. The van der Waals surface area contributed by atoms with Crippen molar-refractivity contribution in [3.05, 3.63) is 65.7 Å². The molecule has 3 rings (SSSR count). The Labute approximate surface area is 210 Å². The molecule has 194 valence electrons. The van der Waals surface area contributed by atoms with Crippen LogP contribution in [0.4, 0.5) is 4.39 Å². The lowest BCUT2D eigenvalue weighted by molar-refractivity contribution is 0.0595. The van der Waals surface area contributed by atoms with Crippen LogP contribution in [0.2, 0.25) is 0 Å². The molecule has 11 heteroatoms. The van der Waals surface area contributed by atoms with Crippen LogP contribution in [0.1, 0.15) is 54.4 Å². The van der Waals surface area contributed by atoms with Crippen LogP contribution < -0.4 is 9.46 Å². The fourth-order valence-corrected chi connectivity index (χ4v) is 5.05. The molecule has 0 radical (unpaired) electrons. The summed E-state index contributed by atoms with van der Waals surface area (Å²) < 4.78 is 52.5.